The minimum Gasteiger partial charge on any atom is -0.508 e. The van der Waals surface area contributed by atoms with Crippen molar-refractivity contribution >= 4 is 97.7 Å². The zero-order valence-corrected chi connectivity index (χ0v) is 66.8. The molecule has 3 aromatic heterocycles. The number of unbranched alkanes of at least 4 members (excludes halogenated alkanes) is 3. The Morgan fingerprint density at radius 3 is 1.21 bits per heavy atom. The molecule has 120 heavy (non-hydrogen) atoms. The van der Waals surface area contributed by atoms with Crippen LogP contribution in [-0.2, 0) is 91.3 Å². The number of nitrogens with one attached hydrogen (secondary N) is 12. The molecule has 0 radical (unpaired) electrons. The number of phenols is 3. The Balaban J connectivity index is 0.875. The van der Waals surface area contributed by atoms with E-state index < -0.39 is 138 Å². The number of hydrogen-bond donors (Lipinski definition) is 21. The summed E-state index contributed by atoms with van der Waals surface area (Å²) < 4.78 is 0. The third kappa shape index (κ3) is 25.2. The van der Waals surface area contributed by atoms with Gasteiger partial charge in [-0.2, -0.15) is 0 Å². The van der Waals surface area contributed by atoms with Crippen molar-refractivity contribution in [2.75, 3.05) is 26.2 Å². The van der Waals surface area contributed by atoms with Gasteiger partial charge in [-0.1, -0.05) is 91.0 Å². The molecule has 33 nitrogen and oxygen atoms in total. The van der Waals surface area contributed by atoms with Crippen LogP contribution in [0.5, 0.6) is 17.2 Å². The zero-order valence-electron chi connectivity index (χ0n) is 66.8. The molecule has 0 spiro atoms. The number of carbonyl (C=O) groups is 11. The highest BCUT2D eigenvalue weighted by Gasteiger charge is 2.42. The average Bonchev–Trinajstić information content (AvgIpc) is 1.68. The van der Waals surface area contributed by atoms with Crippen LogP contribution in [0.25, 0.3) is 32.7 Å². The summed E-state index contributed by atoms with van der Waals surface area (Å²) in [7, 11) is 0. The Kier molecular flexibility index (Phi) is 32.6. The van der Waals surface area contributed by atoms with Crippen molar-refractivity contribution in [2.45, 2.75) is 189 Å². The molecule has 9 aromatic rings. The molecule has 1 saturated heterocycles. The van der Waals surface area contributed by atoms with E-state index in [9.17, 15) is 68.7 Å². The van der Waals surface area contributed by atoms with E-state index in [1.807, 2.05) is 48.5 Å². The van der Waals surface area contributed by atoms with E-state index in [4.69, 9.17) is 22.9 Å². The molecule has 1 aliphatic rings. The maximum absolute atomic E-state index is 15.5. The highest BCUT2D eigenvalue weighted by Crippen LogP contribution is 2.26. The lowest BCUT2D eigenvalue weighted by Crippen LogP contribution is -2.61. The number of hydrogen-bond acceptors (Lipinski definition) is 19. The second-order valence-corrected chi connectivity index (χ2v) is 30.6. The maximum atomic E-state index is 15.5. The van der Waals surface area contributed by atoms with Crippen LogP contribution < -0.4 is 70.8 Å². The number of amides is 10. The maximum Gasteiger partial charge on any atom is 0.326 e. The van der Waals surface area contributed by atoms with E-state index in [-0.39, 0.29) is 133 Å². The van der Waals surface area contributed by atoms with Gasteiger partial charge >= 0.3 is 5.97 Å². The van der Waals surface area contributed by atoms with Gasteiger partial charge in [-0.25, -0.2) is 4.79 Å². The monoisotopic (exact) mass is 1650 g/mol. The predicted octanol–water partition coefficient (Wildman–Crippen LogP) is 2.54. The fraction of sp³-hybridized carbons (Fsp3) is 0.391. The second-order valence-electron chi connectivity index (χ2n) is 30.6. The lowest BCUT2D eigenvalue weighted by Gasteiger charge is -2.31. The van der Waals surface area contributed by atoms with Crippen molar-refractivity contribution in [2.24, 2.45) is 22.9 Å². The number of nitrogens with two attached hydrogens (primary N) is 4. The summed E-state index contributed by atoms with van der Waals surface area (Å²) in [4.78, 5) is 170. The Hall–Kier alpha value is -12.7. The summed E-state index contributed by atoms with van der Waals surface area (Å²) in [5.41, 5.74) is 30.9. The molecule has 25 N–H and O–H groups in total. The summed E-state index contributed by atoms with van der Waals surface area (Å²) in [5, 5.41) is 79.0. The molecule has 0 aliphatic carbocycles. The number of carbonyl (C=O) groups excluding carboxylic acids is 10. The minimum absolute atomic E-state index is 0.0191. The molecular formula is C87H109N17O16. The smallest absolute Gasteiger partial charge is 0.326 e. The van der Waals surface area contributed by atoms with E-state index in [1.54, 1.807) is 67.1 Å². The molecule has 12 atom stereocenters. The van der Waals surface area contributed by atoms with Crippen molar-refractivity contribution in [1.29, 1.82) is 0 Å². The van der Waals surface area contributed by atoms with Crippen molar-refractivity contribution in [3.63, 3.8) is 0 Å². The number of fused-ring (bicyclic) bond motifs is 3. The van der Waals surface area contributed by atoms with Gasteiger partial charge in [0.05, 0.1) is 18.2 Å². The van der Waals surface area contributed by atoms with Crippen LogP contribution in [0, 0.1) is 0 Å². The molecule has 638 valence electrons. The van der Waals surface area contributed by atoms with Gasteiger partial charge in [0, 0.05) is 90.1 Å². The summed E-state index contributed by atoms with van der Waals surface area (Å²) in [6.07, 6.45) is 5.04. The number of aromatic nitrogens is 3. The molecular weight excluding hydrogens is 1540 g/mol. The first-order valence-corrected chi connectivity index (χ1v) is 40.6. The lowest BCUT2D eigenvalue weighted by molar-refractivity contribution is -0.143. The van der Waals surface area contributed by atoms with Crippen LogP contribution in [0.15, 0.2) is 164 Å². The first-order chi connectivity index (χ1) is 57.7. The van der Waals surface area contributed by atoms with Crippen LogP contribution in [0.1, 0.15) is 111 Å². The van der Waals surface area contributed by atoms with Gasteiger partial charge in [0.2, 0.25) is 59.1 Å². The lowest BCUT2D eigenvalue weighted by atomic mass is 10.0. The van der Waals surface area contributed by atoms with Gasteiger partial charge in [0.25, 0.3) is 0 Å². The number of H-pyrrole nitrogens is 3. The minimum atomic E-state index is -1.80. The molecule has 10 amide bonds. The summed E-state index contributed by atoms with van der Waals surface area (Å²) in [6.45, 7) is 1.59. The molecule has 33 heteroatoms. The number of para-hydroxylation sites is 3. The number of aromatic amines is 3. The molecule has 0 saturated carbocycles. The highest BCUT2D eigenvalue weighted by molar-refractivity contribution is 5.99. The number of carboxylic acids is 1. The fourth-order valence-corrected chi connectivity index (χ4v) is 14.9. The van der Waals surface area contributed by atoms with Crippen LogP contribution >= 0.6 is 0 Å². The SMILES string of the molecule is C[C@@H](O)[C@H](NC(=O)[C@@H]1CCCN1C(=O)[C@H](CCCCNC(=O)[C@H](CCCCN)NC(=O)[C@H](Cc1ccc(O)cc1)NC(=O)[C@@H](N)Cc1c[nH]c2ccccc12)NC(=O)[C@H](CCCCN)NC(=O)[C@H](Cc1ccc(O)cc1)NC(=O)[C@@H](N)Cc1c[nH]c2ccccc12)C(=O)N[C@@H](Cc1c[nH]c2ccccc12)C(=O)N[C@@H](Cc1ccc(O)cc1)C(=O)O. The van der Waals surface area contributed by atoms with Gasteiger partial charge in [0.1, 0.15) is 71.6 Å². The topological polar surface area (TPSA) is 552 Å². The number of aliphatic carboxylic acids is 1. The van der Waals surface area contributed by atoms with Gasteiger partial charge in [-0.15, -0.1) is 0 Å². The Bertz CT molecular complexity index is 4990. The van der Waals surface area contributed by atoms with Gasteiger partial charge in [-0.05, 0) is 191 Å². The van der Waals surface area contributed by atoms with Crippen LogP contribution in [0.4, 0.5) is 0 Å². The van der Waals surface area contributed by atoms with E-state index in [0.717, 1.165) is 32.9 Å². The van der Waals surface area contributed by atoms with Crippen molar-refractivity contribution in [1.82, 2.24) is 67.7 Å². The third-order valence-corrected chi connectivity index (χ3v) is 21.5. The normalized spacial score (nSPS) is 15.4. The van der Waals surface area contributed by atoms with Crippen molar-refractivity contribution in [3.05, 3.63) is 198 Å². The molecule has 10 rings (SSSR count). The fourth-order valence-electron chi connectivity index (χ4n) is 14.9. The van der Waals surface area contributed by atoms with Crippen molar-refractivity contribution < 1.29 is 78.3 Å². The van der Waals surface area contributed by atoms with Crippen LogP contribution in [0.3, 0.4) is 0 Å². The quantitative estimate of drug-likeness (QED) is 0.0244. The number of likely N-dealkylation sites (tertiary alicyclic amines) is 1. The van der Waals surface area contributed by atoms with Gasteiger partial charge in [0.15, 0.2) is 0 Å². The first kappa shape index (κ1) is 89.7. The Morgan fingerprint density at radius 2 is 0.775 bits per heavy atom. The first-order valence-electron chi connectivity index (χ1n) is 40.6. The van der Waals surface area contributed by atoms with E-state index in [1.165, 1.54) is 60.4 Å². The molecule has 0 unspecified atom stereocenters. The number of aliphatic hydroxyl groups is 1. The van der Waals surface area contributed by atoms with E-state index in [0.29, 0.717) is 52.4 Å². The van der Waals surface area contributed by atoms with E-state index >= 15 is 9.59 Å². The highest BCUT2D eigenvalue weighted by atomic mass is 16.4. The average molecular weight is 1650 g/mol. The molecule has 1 fully saturated rings. The number of rotatable bonds is 45. The largest absolute Gasteiger partial charge is 0.508 e. The Labute approximate surface area is 693 Å². The van der Waals surface area contributed by atoms with Gasteiger partial charge < -0.3 is 116 Å². The standard InChI is InChI=1S/C87H109N17O16/c1-50(105)76(85(117)101-73(46-56-49-95-67-20-7-4-17-62(56)67)83(115)102-74(87(119)120)43-53-29-35-59(108)36-30-53)103-84(116)75-24-14-40-104(75)86(118)70(98-80(112)69(22-9-12-38-89)97-82(114)72(42-52-27-33-58(107)34-28-52)100-78(110)64(91)45-55-48-94-66-19-6-3-16-61(55)66)23-10-13-39-92-79(111)68(21-8-11-37-88)96-81(113)71(41-51-25-31-57(106)32-26-51)99-77(109)63(90)44-54-47-93-65-18-5-2-15-60(54)65/h2-7,15-20,25-36,47-50,63-64,68-76,93-95,105-108H,8-14,21-24,37-46,88-91H2,1H3,(H,92,111)(H,96,113)(H,97,114)(H,98,112)(H,99,109)(H,100,110)(H,101,117)(H,102,115)(H,103,116)(H,119,120)/t50-,63+,64+,68+,69+,70+,71+,72+,73+,74+,75+,76+/m1/s1. The second kappa shape index (κ2) is 43.7. The number of benzene rings is 6. The number of phenolic OH excluding ortho intramolecular Hbond substituents is 3. The van der Waals surface area contributed by atoms with E-state index in [2.05, 4.69) is 62.8 Å². The zero-order chi connectivity index (χ0) is 85.9. The van der Waals surface area contributed by atoms with Gasteiger partial charge in [-0.3, -0.25) is 47.9 Å². The Morgan fingerprint density at radius 1 is 0.417 bits per heavy atom. The number of nitrogens with zero attached hydrogens (tertiary/aromatic N) is 1. The van der Waals surface area contributed by atoms with Crippen LogP contribution in [0.2, 0.25) is 0 Å². The summed E-state index contributed by atoms with van der Waals surface area (Å²) in [5.74, 6) is -9.54. The molecule has 1 aliphatic heterocycles. The molecule has 6 aromatic carbocycles. The number of carboxylic acid groups (broad SMARTS) is 1. The van der Waals surface area contributed by atoms with Crippen LogP contribution in [-0.4, -0.2) is 209 Å². The summed E-state index contributed by atoms with van der Waals surface area (Å²) in [6, 6.07) is 24.7. The summed E-state index contributed by atoms with van der Waals surface area (Å²) >= 11 is 0. The number of aromatic hydroxyl groups is 3. The predicted molar refractivity (Wildman–Crippen MR) is 450 cm³/mol. The molecule has 4 heterocycles. The third-order valence-electron chi connectivity index (χ3n) is 21.5. The van der Waals surface area contributed by atoms with Crippen molar-refractivity contribution in [3.8, 4) is 17.2 Å². The number of aliphatic hydroxyl groups excluding tert-OH is 1. The molecule has 0 bridgehead atoms.